The first kappa shape index (κ1) is 15.5. The summed E-state index contributed by atoms with van der Waals surface area (Å²) >= 11 is 2.35. The van der Waals surface area contributed by atoms with Gasteiger partial charge in [-0.05, 0) is 0 Å². The molecule has 0 bridgehead atoms. The van der Waals surface area contributed by atoms with Gasteiger partial charge in [0.05, 0.1) is 0 Å². The Morgan fingerprint density at radius 1 is 1.15 bits per heavy atom. The first-order chi connectivity index (χ1) is 4.88. The molecule has 0 saturated heterocycles. The Labute approximate surface area is 88.0 Å². The number of hydrogen-bond acceptors (Lipinski definition) is 0. The first-order valence-electron chi connectivity index (χ1n) is 3.95. The average Bonchev–Trinajstić information content (AvgIpc) is 2.34. The van der Waals surface area contributed by atoms with Gasteiger partial charge in [0.15, 0.2) is 0 Å². The monoisotopic (exact) mass is 224 g/mol. The molecule has 1 saturated carbocycles. The van der Waals surface area contributed by atoms with Crippen LogP contribution in [0.25, 0.3) is 0 Å². The zero-order valence-electron chi connectivity index (χ0n) is 7.14. The summed E-state index contributed by atoms with van der Waals surface area (Å²) in [5.74, 6) is 0.917. The number of allylic oxidation sites excluding steroid dienone is 4. The van der Waals surface area contributed by atoms with Gasteiger partial charge in [-0.15, -0.1) is 0 Å². The van der Waals surface area contributed by atoms with Crippen LogP contribution in [0.3, 0.4) is 0 Å². The van der Waals surface area contributed by atoms with Crippen molar-refractivity contribution in [2.45, 2.75) is 23.5 Å². The topological polar surface area (TPSA) is 0 Å². The van der Waals surface area contributed by atoms with Crippen LogP contribution >= 0.6 is 0 Å². The predicted molar refractivity (Wildman–Crippen MR) is 38.3 cm³/mol. The molecule has 0 heterocycles. The van der Waals surface area contributed by atoms with Gasteiger partial charge in [0.25, 0.3) is 0 Å². The van der Waals surface area contributed by atoms with Crippen LogP contribution in [0.5, 0.6) is 0 Å². The van der Waals surface area contributed by atoms with Gasteiger partial charge in [0.2, 0.25) is 0 Å². The summed E-state index contributed by atoms with van der Waals surface area (Å²) in [5.41, 5.74) is 1.71. The van der Waals surface area contributed by atoms with Crippen LogP contribution in [0.4, 0.5) is 0 Å². The molecule has 2 rings (SSSR count). The van der Waals surface area contributed by atoms with E-state index >= 15 is 0 Å². The van der Waals surface area contributed by atoms with Crippen molar-refractivity contribution in [2.75, 3.05) is 0 Å². The van der Waals surface area contributed by atoms with Crippen LogP contribution in [0.1, 0.15) is 19.3 Å². The van der Waals surface area contributed by atoms with Gasteiger partial charge in [-0.2, -0.15) is 0 Å². The molecule has 2 aliphatic carbocycles. The van der Waals surface area contributed by atoms with Crippen LogP contribution < -0.4 is 14.1 Å². The second-order valence-electron chi connectivity index (χ2n) is 3.16. The molecule has 2 unspecified atom stereocenters. The fourth-order valence-corrected chi connectivity index (χ4v) is 2.69. The van der Waals surface area contributed by atoms with Crippen molar-refractivity contribution in [3.05, 3.63) is 23.8 Å². The number of hydrogen-bond donors (Lipinski definition) is 0. The van der Waals surface area contributed by atoms with Gasteiger partial charge in [-0.3, -0.25) is 0 Å². The molecule has 4 heteroatoms. The van der Waals surface area contributed by atoms with Crippen LogP contribution in [0.2, 0.25) is 4.22 Å². The van der Waals surface area contributed by atoms with Crippen molar-refractivity contribution >= 4 is 0 Å². The molecule has 0 nitrogen and oxygen atoms in total. The van der Waals surface area contributed by atoms with Crippen molar-refractivity contribution in [3.8, 4) is 0 Å². The average molecular weight is 224 g/mol. The second-order valence-corrected chi connectivity index (χ2v) is 4.25. The quantitative estimate of drug-likeness (QED) is 0.359. The Hall–Kier alpha value is -0.0157. The van der Waals surface area contributed by atoms with E-state index in [1.54, 1.807) is 5.57 Å². The van der Waals surface area contributed by atoms with Gasteiger partial charge in [-0.1, -0.05) is 0 Å². The normalized spacial score (nSPS) is 28.9. The first-order valence-corrected chi connectivity index (χ1v) is 4.86. The van der Waals surface area contributed by atoms with Crippen molar-refractivity contribution in [3.63, 3.8) is 0 Å². The molecule has 0 N–H and O–H groups in total. The molecule has 0 aliphatic heterocycles. The van der Waals surface area contributed by atoms with Crippen LogP contribution in [0, 0.1) is 5.92 Å². The number of rotatable bonds is 0. The maximum absolute atomic E-state index is 2.35. The Balaban J connectivity index is 0. The molecule has 2 atom stereocenters. The Kier molecular flexibility index (Phi) is 7.66. The molecule has 2 aliphatic rings. The van der Waals surface area contributed by atoms with Crippen LogP contribution in [-0.2, 0) is 20.4 Å². The predicted octanol–water partition coefficient (Wildman–Crippen LogP) is -6.37. The molecule has 0 aromatic rings. The van der Waals surface area contributed by atoms with Crippen molar-refractivity contribution < 1.29 is 34.5 Å². The van der Waals surface area contributed by atoms with E-state index in [0.717, 1.165) is 10.1 Å². The summed E-state index contributed by atoms with van der Waals surface area (Å²) in [4.78, 5) is 0. The van der Waals surface area contributed by atoms with Gasteiger partial charge >= 0.3 is 73.6 Å². The Morgan fingerprint density at radius 3 is 2.46 bits per heavy atom. The van der Waals surface area contributed by atoms with Gasteiger partial charge < -0.3 is 14.1 Å². The van der Waals surface area contributed by atoms with E-state index in [0.29, 0.717) is 0 Å². The Bertz CT molecular complexity index is 201. The molecular formula is C9H11F3Ti. The Morgan fingerprint density at radius 2 is 1.85 bits per heavy atom. The summed E-state index contributed by atoms with van der Waals surface area (Å²) in [6, 6.07) is 0. The molecule has 0 spiro atoms. The molecule has 0 aromatic heterocycles. The fraction of sp³-hybridized carbons (Fsp3) is 0.556. The van der Waals surface area contributed by atoms with E-state index < -0.39 is 0 Å². The second kappa shape index (κ2) is 6.44. The van der Waals surface area contributed by atoms with Crippen molar-refractivity contribution in [1.82, 2.24) is 0 Å². The van der Waals surface area contributed by atoms with Gasteiger partial charge in [0, 0.05) is 0 Å². The summed E-state index contributed by atoms with van der Waals surface area (Å²) in [6.07, 6.45) is 11.0. The van der Waals surface area contributed by atoms with E-state index in [9.17, 15) is 0 Å². The molecule has 0 radical (unpaired) electrons. The third kappa shape index (κ3) is 2.99. The van der Waals surface area contributed by atoms with Crippen molar-refractivity contribution in [2.24, 2.45) is 5.92 Å². The van der Waals surface area contributed by atoms with Gasteiger partial charge in [-0.25, -0.2) is 0 Å². The van der Waals surface area contributed by atoms with Crippen molar-refractivity contribution in [1.29, 1.82) is 0 Å². The summed E-state index contributed by atoms with van der Waals surface area (Å²) in [5, 5.41) is 0. The molecule has 13 heavy (non-hydrogen) atoms. The summed E-state index contributed by atoms with van der Waals surface area (Å²) in [7, 11) is 0. The van der Waals surface area contributed by atoms with Crippen LogP contribution in [-0.4, -0.2) is 0 Å². The zero-order chi connectivity index (χ0) is 6.97. The number of halogens is 3. The zero-order valence-corrected chi connectivity index (χ0v) is 8.70. The van der Waals surface area contributed by atoms with Crippen LogP contribution in [0.15, 0.2) is 23.8 Å². The van der Waals surface area contributed by atoms with E-state index in [1.807, 2.05) is 0 Å². The van der Waals surface area contributed by atoms with E-state index in [2.05, 4.69) is 38.7 Å². The van der Waals surface area contributed by atoms with Gasteiger partial charge in [0.1, 0.15) is 0 Å². The summed E-state index contributed by atoms with van der Waals surface area (Å²) in [6.45, 7) is 0. The molecule has 1 fully saturated rings. The summed E-state index contributed by atoms with van der Waals surface area (Å²) < 4.78 is 0.870. The molecular weight excluding hydrogens is 213 g/mol. The standard InChI is InChI=1S/C9H11.3FH.Ti/c1-2-5-9-7-3-6-8(9)4-1;;;;/h1-2,4,6,9H,3,5,7H2;3*1H;/q;;;;+3/p-3. The van der Waals surface area contributed by atoms with E-state index in [-0.39, 0.29) is 14.1 Å². The maximum atomic E-state index is 2.35. The minimum absolute atomic E-state index is 0. The fourth-order valence-electron chi connectivity index (χ4n) is 1.91. The third-order valence-electron chi connectivity index (χ3n) is 2.52. The number of fused-ring (bicyclic) bond motifs is 1. The molecule has 72 valence electrons. The minimum atomic E-state index is 0. The third-order valence-corrected chi connectivity index (χ3v) is 3.49. The van der Waals surface area contributed by atoms with E-state index in [4.69, 9.17) is 0 Å². The molecule has 0 aromatic carbocycles. The molecule has 0 amide bonds. The van der Waals surface area contributed by atoms with E-state index in [1.165, 1.54) is 19.3 Å². The SMILES string of the molecule is [F-].[F-].[F-].[Ti+3][CH]1CCC2CC=CC=C12.